The minimum Gasteiger partial charge on any atom is -0.228 e. The van der Waals surface area contributed by atoms with Crippen LogP contribution in [0.4, 0.5) is 0 Å². The number of hydrogen-bond acceptors (Lipinski definition) is 4. The van der Waals surface area contributed by atoms with E-state index in [4.69, 9.17) is 0 Å². The first-order valence-electron chi connectivity index (χ1n) is 3.01. The predicted molar refractivity (Wildman–Crippen MR) is 52.7 cm³/mol. The van der Waals surface area contributed by atoms with Gasteiger partial charge in [0.05, 0.1) is 11.1 Å². The molecule has 0 aliphatic rings. The fourth-order valence-corrected chi connectivity index (χ4v) is 2.13. The van der Waals surface area contributed by atoms with Crippen molar-refractivity contribution in [3.63, 3.8) is 0 Å². The van der Waals surface area contributed by atoms with Gasteiger partial charge >= 0.3 is 0 Å². The molecule has 2 heterocycles. The number of hydrogen-bond donors (Lipinski definition) is 0. The number of rotatable bonds is 0. The highest BCUT2D eigenvalue weighted by molar-refractivity contribution is 14.1. The van der Waals surface area contributed by atoms with Gasteiger partial charge in [0.2, 0.25) is 0 Å². The Morgan fingerprint density at radius 2 is 2.27 bits per heavy atom. The van der Waals surface area contributed by atoms with Crippen LogP contribution >= 0.6 is 34.1 Å². The van der Waals surface area contributed by atoms with Gasteiger partial charge in [-0.2, -0.15) is 4.37 Å². The van der Waals surface area contributed by atoms with Gasteiger partial charge in [-0.25, -0.2) is 9.97 Å². The van der Waals surface area contributed by atoms with E-state index in [9.17, 15) is 0 Å². The lowest BCUT2D eigenvalue weighted by atomic mass is 10.3. The summed E-state index contributed by atoms with van der Waals surface area (Å²) in [5, 5.41) is 3.04. The molecule has 0 radical (unpaired) electrons. The average Bonchev–Trinajstić information content (AvgIpc) is 2.34. The second kappa shape index (κ2) is 2.63. The van der Waals surface area contributed by atoms with Crippen molar-refractivity contribution < 1.29 is 0 Å². The first kappa shape index (κ1) is 7.35. The van der Waals surface area contributed by atoms with E-state index in [2.05, 4.69) is 36.9 Å². The Labute approximate surface area is 81.2 Å². The minimum atomic E-state index is 0.763. The third kappa shape index (κ3) is 1.22. The summed E-state index contributed by atoms with van der Waals surface area (Å²) in [6.07, 6.45) is 0. The Bertz CT molecular complexity index is 398. The van der Waals surface area contributed by atoms with Crippen molar-refractivity contribution in [3.05, 3.63) is 14.9 Å². The highest BCUT2D eigenvalue weighted by Gasteiger charge is 2.03. The molecule has 0 unspecified atom stereocenters. The summed E-state index contributed by atoms with van der Waals surface area (Å²) in [6, 6.07) is 0. The monoisotopic (exact) mass is 277 g/mol. The molecule has 2 aromatic heterocycles. The molecule has 11 heavy (non-hydrogen) atoms. The van der Waals surface area contributed by atoms with Crippen LogP contribution in [0.3, 0.4) is 0 Å². The molecule has 0 fully saturated rings. The zero-order chi connectivity index (χ0) is 7.84. The van der Waals surface area contributed by atoms with Crippen LogP contribution in [0.25, 0.3) is 11.0 Å². The molecule has 0 atom stereocenters. The molecule has 0 amide bonds. The maximum absolute atomic E-state index is 4.22. The van der Waals surface area contributed by atoms with Crippen LogP contribution in [0, 0.1) is 10.8 Å². The van der Waals surface area contributed by atoms with Crippen molar-refractivity contribution in [1.82, 2.24) is 14.3 Å². The van der Waals surface area contributed by atoms with Crippen LogP contribution in [0.1, 0.15) is 5.69 Å². The Balaban J connectivity index is 2.91. The van der Waals surface area contributed by atoms with Crippen molar-refractivity contribution in [1.29, 1.82) is 0 Å². The normalized spacial score (nSPS) is 10.7. The maximum Gasteiger partial charge on any atom is 0.193 e. The molecular weight excluding hydrogens is 273 g/mol. The van der Waals surface area contributed by atoms with Gasteiger partial charge in [0, 0.05) is 28.0 Å². The highest BCUT2D eigenvalue weighted by atomic mass is 127. The van der Waals surface area contributed by atoms with Crippen molar-refractivity contribution in [2.24, 2.45) is 0 Å². The van der Waals surface area contributed by atoms with Gasteiger partial charge in [0.1, 0.15) is 0 Å². The van der Waals surface area contributed by atoms with Crippen LogP contribution in [-0.4, -0.2) is 14.3 Å². The number of fused-ring (bicyclic) bond motifs is 1. The van der Waals surface area contributed by atoms with E-state index in [1.807, 2.05) is 12.3 Å². The lowest BCUT2D eigenvalue weighted by molar-refractivity contribution is 1.09. The third-order valence-electron chi connectivity index (χ3n) is 1.40. The van der Waals surface area contributed by atoms with Crippen LogP contribution < -0.4 is 0 Å². The lowest BCUT2D eigenvalue weighted by Crippen LogP contribution is -1.90. The van der Waals surface area contributed by atoms with Crippen LogP contribution in [0.5, 0.6) is 0 Å². The second-order valence-electron chi connectivity index (χ2n) is 2.13. The smallest absolute Gasteiger partial charge is 0.193 e. The summed E-state index contributed by atoms with van der Waals surface area (Å²) in [4.78, 5) is 8.39. The van der Waals surface area contributed by atoms with Crippen molar-refractivity contribution in [2.45, 2.75) is 6.92 Å². The summed E-state index contributed by atoms with van der Waals surface area (Å²) in [5.74, 6) is 0. The van der Waals surface area contributed by atoms with Crippen molar-refractivity contribution in [2.75, 3.05) is 0 Å². The Kier molecular flexibility index (Phi) is 1.76. The molecule has 0 N–H and O–H groups in total. The fraction of sp³-hybridized carbons (Fsp3) is 0.167. The summed E-state index contributed by atoms with van der Waals surface area (Å²) >= 11 is 3.51. The fourth-order valence-electron chi connectivity index (χ4n) is 0.870. The van der Waals surface area contributed by atoms with Gasteiger partial charge < -0.3 is 0 Å². The second-order valence-corrected chi connectivity index (χ2v) is 3.72. The summed E-state index contributed by atoms with van der Waals surface area (Å²) in [5.41, 5.74) is 1.82. The molecule has 0 spiro atoms. The van der Waals surface area contributed by atoms with Gasteiger partial charge in [0.15, 0.2) is 9.48 Å². The van der Waals surface area contributed by atoms with Crippen LogP contribution in [0.2, 0.25) is 0 Å². The minimum absolute atomic E-state index is 0.763. The molecule has 2 rings (SSSR count). The molecule has 0 aliphatic carbocycles. The van der Waals surface area contributed by atoms with E-state index >= 15 is 0 Å². The van der Waals surface area contributed by atoms with E-state index in [1.54, 1.807) is 0 Å². The van der Waals surface area contributed by atoms with Gasteiger partial charge in [-0.1, -0.05) is 0 Å². The van der Waals surface area contributed by atoms with E-state index in [0.717, 1.165) is 20.6 Å². The van der Waals surface area contributed by atoms with Crippen molar-refractivity contribution >= 4 is 45.2 Å². The largest absolute Gasteiger partial charge is 0.228 e. The Hall–Kier alpha value is -0.300. The van der Waals surface area contributed by atoms with Crippen molar-refractivity contribution in [3.8, 4) is 0 Å². The molecule has 3 nitrogen and oxygen atoms in total. The molecular formula is C6H4IN3S. The third-order valence-corrected chi connectivity index (χ3v) is 2.50. The predicted octanol–water partition coefficient (Wildman–Crippen LogP) is 2.00. The van der Waals surface area contributed by atoms with E-state index < -0.39 is 0 Å². The Morgan fingerprint density at radius 3 is 3.09 bits per heavy atom. The molecule has 0 bridgehead atoms. The average molecular weight is 277 g/mol. The molecule has 0 saturated carbocycles. The van der Waals surface area contributed by atoms with Gasteiger partial charge in [0.25, 0.3) is 0 Å². The van der Waals surface area contributed by atoms with Gasteiger partial charge in [-0.3, -0.25) is 0 Å². The highest BCUT2D eigenvalue weighted by Crippen LogP contribution is 2.16. The van der Waals surface area contributed by atoms with Crippen LogP contribution in [-0.2, 0) is 0 Å². The molecule has 56 valence electrons. The zero-order valence-electron chi connectivity index (χ0n) is 5.71. The molecule has 0 aromatic carbocycles. The van der Waals surface area contributed by atoms with Crippen LogP contribution in [0.15, 0.2) is 5.38 Å². The van der Waals surface area contributed by atoms with E-state index in [0.29, 0.717) is 0 Å². The molecule has 2 aromatic rings. The first-order valence-corrected chi connectivity index (χ1v) is 4.93. The first-order chi connectivity index (χ1) is 5.27. The lowest BCUT2D eigenvalue weighted by Gasteiger charge is -1.93. The van der Waals surface area contributed by atoms with Gasteiger partial charge in [-0.15, -0.1) is 0 Å². The number of aromatic nitrogens is 3. The van der Waals surface area contributed by atoms with E-state index in [1.165, 1.54) is 11.5 Å². The molecule has 0 saturated heterocycles. The number of aryl methyl sites for hydroxylation is 1. The quantitative estimate of drug-likeness (QED) is 0.546. The standard InChI is InChI=1S/C6H4IN3S/c1-3-4-2-11-10-5(4)9-6(7)8-3/h2H,1H3. The molecule has 0 aliphatic heterocycles. The molecule has 5 heteroatoms. The van der Waals surface area contributed by atoms with E-state index in [-0.39, 0.29) is 0 Å². The maximum atomic E-state index is 4.22. The topological polar surface area (TPSA) is 38.7 Å². The number of halogens is 1. The summed E-state index contributed by atoms with van der Waals surface area (Å²) < 4.78 is 4.89. The zero-order valence-corrected chi connectivity index (χ0v) is 8.68. The number of nitrogens with zero attached hydrogens (tertiary/aromatic N) is 3. The SMILES string of the molecule is Cc1nc(I)nc2nscc12. The van der Waals surface area contributed by atoms with Gasteiger partial charge in [-0.05, 0) is 18.5 Å². The summed E-state index contributed by atoms with van der Waals surface area (Å²) in [6.45, 7) is 1.97. The summed E-state index contributed by atoms with van der Waals surface area (Å²) in [7, 11) is 0. The Morgan fingerprint density at radius 1 is 1.45 bits per heavy atom.